The number of carbonyl (C=O) groups is 1. The molecule has 0 unspecified atom stereocenters. The number of carbonyl (C=O) groups excluding carboxylic acids is 1. The third-order valence-electron chi connectivity index (χ3n) is 3.66. The van der Waals surface area contributed by atoms with Gasteiger partial charge in [-0.05, 0) is 65.3 Å². The number of aromatic nitrogens is 1. The summed E-state index contributed by atoms with van der Waals surface area (Å²) in [6.07, 6.45) is 1.60. The summed E-state index contributed by atoms with van der Waals surface area (Å²) in [7, 11) is 0. The molecular weight excluding hydrogens is 396 g/mol. The Morgan fingerprint density at radius 3 is 2.42 bits per heavy atom. The zero-order valence-electron chi connectivity index (χ0n) is 14.1. The Hall–Kier alpha value is -2.86. The molecule has 0 bridgehead atoms. The molecule has 0 saturated carbocycles. The first-order valence-corrected chi connectivity index (χ1v) is 8.80. The van der Waals surface area contributed by atoms with E-state index < -0.39 is 0 Å². The molecule has 1 amide bonds. The van der Waals surface area contributed by atoms with Gasteiger partial charge in [0.25, 0.3) is 5.56 Å². The van der Waals surface area contributed by atoms with Crippen LogP contribution in [0.2, 0.25) is 0 Å². The molecule has 3 aromatic rings. The summed E-state index contributed by atoms with van der Waals surface area (Å²) < 4.78 is 7.84. The van der Waals surface area contributed by atoms with Crippen molar-refractivity contribution in [3.8, 4) is 11.5 Å². The minimum Gasteiger partial charge on any atom is -0.457 e. The molecule has 6 heteroatoms. The maximum absolute atomic E-state index is 12.2. The molecule has 132 valence electrons. The summed E-state index contributed by atoms with van der Waals surface area (Å²) >= 11 is 3.33. The van der Waals surface area contributed by atoms with Crippen molar-refractivity contribution in [2.75, 3.05) is 5.32 Å². The van der Waals surface area contributed by atoms with Crippen molar-refractivity contribution in [3.05, 3.63) is 87.3 Å². The number of ether oxygens (including phenoxy) is 1. The number of hydrogen-bond donors (Lipinski definition) is 1. The van der Waals surface area contributed by atoms with Gasteiger partial charge in [-0.25, -0.2) is 0 Å². The topological polar surface area (TPSA) is 60.3 Å². The molecule has 1 heterocycles. The van der Waals surface area contributed by atoms with E-state index in [1.165, 1.54) is 4.57 Å². The molecule has 0 spiro atoms. The zero-order chi connectivity index (χ0) is 18.5. The molecule has 0 saturated heterocycles. The van der Waals surface area contributed by atoms with E-state index in [-0.39, 0.29) is 18.0 Å². The van der Waals surface area contributed by atoms with Gasteiger partial charge < -0.3 is 14.6 Å². The van der Waals surface area contributed by atoms with Crippen LogP contribution >= 0.6 is 15.9 Å². The fourth-order valence-corrected chi connectivity index (χ4v) is 3.03. The standard InChI is InChI=1S/C20H17BrN2O3/c1-14-11-15(21)12-23(20(14)25)13-19(24)22-16-7-9-18(10-8-16)26-17-5-3-2-4-6-17/h2-12H,13H2,1H3,(H,22,24). The molecule has 0 radical (unpaired) electrons. The van der Waals surface area contributed by atoms with Crippen LogP contribution in [-0.4, -0.2) is 10.5 Å². The zero-order valence-corrected chi connectivity index (χ0v) is 15.7. The van der Waals surface area contributed by atoms with Crippen molar-refractivity contribution < 1.29 is 9.53 Å². The van der Waals surface area contributed by atoms with Crippen LogP contribution in [0.15, 0.2) is 76.1 Å². The van der Waals surface area contributed by atoms with Crippen molar-refractivity contribution in [3.63, 3.8) is 0 Å². The van der Waals surface area contributed by atoms with Crippen molar-refractivity contribution >= 4 is 27.5 Å². The van der Waals surface area contributed by atoms with Crippen molar-refractivity contribution in [1.29, 1.82) is 0 Å². The number of pyridine rings is 1. The van der Waals surface area contributed by atoms with E-state index in [0.717, 1.165) is 10.2 Å². The van der Waals surface area contributed by atoms with Gasteiger partial charge in [-0.15, -0.1) is 0 Å². The van der Waals surface area contributed by atoms with Gasteiger partial charge in [0.15, 0.2) is 0 Å². The average Bonchev–Trinajstić information content (AvgIpc) is 2.62. The Morgan fingerprint density at radius 1 is 1.08 bits per heavy atom. The van der Waals surface area contributed by atoms with Crippen LogP contribution in [0.3, 0.4) is 0 Å². The Morgan fingerprint density at radius 2 is 1.73 bits per heavy atom. The number of anilines is 1. The SMILES string of the molecule is Cc1cc(Br)cn(CC(=O)Nc2ccc(Oc3ccccc3)cc2)c1=O. The number of rotatable bonds is 5. The Labute approximate surface area is 159 Å². The highest BCUT2D eigenvalue weighted by atomic mass is 79.9. The molecule has 3 rings (SSSR count). The molecule has 0 aliphatic carbocycles. The van der Waals surface area contributed by atoms with Crippen LogP contribution in [-0.2, 0) is 11.3 Å². The molecule has 1 aromatic heterocycles. The molecule has 0 atom stereocenters. The number of hydrogen-bond acceptors (Lipinski definition) is 3. The smallest absolute Gasteiger partial charge is 0.253 e. The average molecular weight is 413 g/mol. The monoisotopic (exact) mass is 412 g/mol. The number of nitrogens with zero attached hydrogens (tertiary/aromatic N) is 1. The quantitative estimate of drug-likeness (QED) is 0.677. The van der Waals surface area contributed by atoms with E-state index in [2.05, 4.69) is 21.2 Å². The van der Waals surface area contributed by atoms with E-state index >= 15 is 0 Å². The van der Waals surface area contributed by atoms with E-state index in [0.29, 0.717) is 17.0 Å². The number of aryl methyl sites for hydroxylation is 1. The Kier molecular flexibility index (Phi) is 5.53. The van der Waals surface area contributed by atoms with E-state index in [1.807, 2.05) is 30.3 Å². The first-order valence-electron chi connectivity index (χ1n) is 8.01. The highest BCUT2D eigenvalue weighted by Gasteiger charge is 2.08. The number of amides is 1. The molecule has 0 aliphatic rings. The lowest BCUT2D eigenvalue weighted by Crippen LogP contribution is -2.28. The summed E-state index contributed by atoms with van der Waals surface area (Å²) in [5.74, 6) is 1.14. The maximum atomic E-state index is 12.2. The first-order chi connectivity index (χ1) is 12.5. The van der Waals surface area contributed by atoms with E-state index in [4.69, 9.17) is 4.74 Å². The summed E-state index contributed by atoms with van der Waals surface area (Å²) in [5, 5.41) is 2.78. The fraction of sp³-hybridized carbons (Fsp3) is 0.100. The second kappa shape index (κ2) is 8.01. The second-order valence-corrected chi connectivity index (χ2v) is 6.68. The number of halogens is 1. The third-order valence-corrected chi connectivity index (χ3v) is 4.10. The van der Waals surface area contributed by atoms with Gasteiger partial charge >= 0.3 is 0 Å². The van der Waals surface area contributed by atoms with Crippen LogP contribution in [0.1, 0.15) is 5.56 Å². The summed E-state index contributed by atoms with van der Waals surface area (Å²) in [4.78, 5) is 24.3. The largest absolute Gasteiger partial charge is 0.457 e. The third kappa shape index (κ3) is 4.61. The van der Waals surface area contributed by atoms with Crippen molar-refractivity contribution in [1.82, 2.24) is 4.57 Å². The van der Waals surface area contributed by atoms with Crippen LogP contribution in [0, 0.1) is 6.92 Å². The first kappa shape index (κ1) is 17.9. The van der Waals surface area contributed by atoms with Crippen LogP contribution in [0.5, 0.6) is 11.5 Å². The molecule has 5 nitrogen and oxygen atoms in total. The maximum Gasteiger partial charge on any atom is 0.253 e. The van der Waals surface area contributed by atoms with Gasteiger partial charge in [-0.2, -0.15) is 0 Å². The molecule has 0 fully saturated rings. The highest BCUT2D eigenvalue weighted by molar-refractivity contribution is 9.10. The van der Waals surface area contributed by atoms with Gasteiger partial charge in [0.2, 0.25) is 5.91 Å². The summed E-state index contributed by atoms with van der Waals surface area (Å²) in [6.45, 7) is 1.66. The molecule has 2 aromatic carbocycles. The minimum absolute atomic E-state index is 0.0542. The lowest BCUT2D eigenvalue weighted by molar-refractivity contribution is -0.116. The lowest BCUT2D eigenvalue weighted by atomic mass is 10.3. The second-order valence-electron chi connectivity index (χ2n) is 5.76. The molecule has 0 aliphatic heterocycles. The number of nitrogens with one attached hydrogen (secondary N) is 1. The number of benzene rings is 2. The van der Waals surface area contributed by atoms with Gasteiger partial charge in [-0.3, -0.25) is 9.59 Å². The molecule has 1 N–H and O–H groups in total. The van der Waals surface area contributed by atoms with Gasteiger partial charge in [-0.1, -0.05) is 18.2 Å². The summed E-state index contributed by atoms with van der Waals surface area (Å²) in [6, 6.07) is 18.2. The summed E-state index contributed by atoms with van der Waals surface area (Å²) in [5.41, 5.74) is 1.03. The Bertz CT molecular complexity index is 967. The van der Waals surface area contributed by atoms with Crippen LogP contribution < -0.4 is 15.6 Å². The van der Waals surface area contributed by atoms with Gasteiger partial charge in [0.1, 0.15) is 18.0 Å². The lowest BCUT2D eigenvalue weighted by Gasteiger charge is -2.10. The minimum atomic E-state index is -0.277. The van der Waals surface area contributed by atoms with Gasteiger partial charge in [0, 0.05) is 21.9 Å². The number of para-hydroxylation sites is 1. The van der Waals surface area contributed by atoms with Crippen molar-refractivity contribution in [2.45, 2.75) is 13.5 Å². The van der Waals surface area contributed by atoms with Crippen molar-refractivity contribution in [2.24, 2.45) is 0 Å². The normalized spacial score (nSPS) is 10.4. The molecule has 26 heavy (non-hydrogen) atoms. The van der Waals surface area contributed by atoms with Gasteiger partial charge in [0.05, 0.1) is 0 Å². The van der Waals surface area contributed by atoms with E-state index in [1.54, 1.807) is 43.5 Å². The fourth-order valence-electron chi connectivity index (χ4n) is 2.44. The Balaban J connectivity index is 1.64. The van der Waals surface area contributed by atoms with Crippen LogP contribution in [0.4, 0.5) is 5.69 Å². The van der Waals surface area contributed by atoms with Crippen LogP contribution in [0.25, 0.3) is 0 Å². The highest BCUT2D eigenvalue weighted by Crippen LogP contribution is 2.22. The molecular formula is C20H17BrN2O3. The predicted molar refractivity (Wildman–Crippen MR) is 105 cm³/mol. The predicted octanol–water partition coefficient (Wildman–Crippen LogP) is 4.35. The van der Waals surface area contributed by atoms with E-state index in [9.17, 15) is 9.59 Å².